The number of hydrogen-bond acceptors (Lipinski definition) is 5. The molecule has 2 aromatic carbocycles. The zero-order chi connectivity index (χ0) is 24.0. The van der Waals surface area contributed by atoms with Crippen molar-refractivity contribution >= 4 is 17.9 Å². The summed E-state index contributed by atoms with van der Waals surface area (Å²) in [4.78, 5) is 25.6. The molecule has 1 fully saturated rings. The van der Waals surface area contributed by atoms with Crippen molar-refractivity contribution in [3.63, 3.8) is 0 Å². The molecule has 0 bridgehead atoms. The van der Waals surface area contributed by atoms with Crippen molar-refractivity contribution in [2.24, 2.45) is 0 Å². The first-order valence-corrected chi connectivity index (χ1v) is 11.8. The lowest BCUT2D eigenvalue weighted by Crippen LogP contribution is -2.48. The van der Waals surface area contributed by atoms with E-state index in [1.165, 1.54) is 11.1 Å². The molecule has 0 spiro atoms. The highest BCUT2D eigenvalue weighted by molar-refractivity contribution is 5.93. The molecule has 5 rings (SSSR count). The van der Waals surface area contributed by atoms with Gasteiger partial charge in [-0.2, -0.15) is 5.10 Å². The molecule has 0 aliphatic carbocycles. The van der Waals surface area contributed by atoms with Crippen LogP contribution >= 0.6 is 0 Å². The maximum Gasteiger partial charge on any atom is 0.246 e. The Morgan fingerprint density at radius 3 is 2.34 bits per heavy atom. The van der Waals surface area contributed by atoms with Crippen LogP contribution in [0.25, 0.3) is 17.3 Å². The minimum atomic E-state index is 0.00364. The number of benzene rings is 2. The Morgan fingerprint density at radius 1 is 0.914 bits per heavy atom. The first kappa shape index (κ1) is 22.5. The number of carbonyl (C=O) groups is 1. The number of aryl methyl sites for hydroxylation is 1. The molecule has 0 radical (unpaired) electrons. The fraction of sp³-hybridized carbons (Fsp3) is 0.214. The van der Waals surface area contributed by atoms with Crippen molar-refractivity contribution < 1.29 is 4.79 Å². The second kappa shape index (κ2) is 10.3. The van der Waals surface area contributed by atoms with Gasteiger partial charge in [-0.15, -0.1) is 0 Å². The summed E-state index contributed by atoms with van der Waals surface area (Å²) in [6.07, 6.45) is 9.04. The normalized spacial score (nSPS) is 14.0. The Balaban J connectivity index is 1.31. The highest BCUT2D eigenvalue weighted by Gasteiger charge is 2.21. The van der Waals surface area contributed by atoms with E-state index in [1.807, 2.05) is 52.2 Å². The molecule has 1 saturated heterocycles. The fourth-order valence-corrected chi connectivity index (χ4v) is 4.19. The van der Waals surface area contributed by atoms with Gasteiger partial charge in [0.1, 0.15) is 0 Å². The molecule has 0 N–H and O–H groups in total. The standard InChI is InChI=1S/C28H28N6O/c1-22-8-10-23(11-9-22)20-34-21-25(27(31-34)24-6-3-2-4-7-24)12-13-26(35)32-16-18-33(19-17-32)28-29-14-5-15-30-28/h2-15,21H,16-20H2,1H3. The molecule has 4 aromatic rings. The molecule has 2 aromatic heterocycles. The molecule has 1 aliphatic heterocycles. The highest BCUT2D eigenvalue weighted by atomic mass is 16.2. The number of nitrogens with zero attached hydrogens (tertiary/aromatic N) is 6. The van der Waals surface area contributed by atoms with Gasteiger partial charge >= 0.3 is 0 Å². The van der Waals surface area contributed by atoms with E-state index in [1.54, 1.807) is 24.5 Å². The largest absolute Gasteiger partial charge is 0.337 e. The summed E-state index contributed by atoms with van der Waals surface area (Å²) in [6.45, 7) is 5.46. The molecular weight excluding hydrogens is 436 g/mol. The van der Waals surface area contributed by atoms with Crippen molar-refractivity contribution in [1.29, 1.82) is 0 Å². The van der Waals surface area contributed by atoms with Gasteiger partial charge in [0.2, 0.25) is 11.9 Å². The summed E-state index contributed by atoms with van der Waals surface area (Å²) in [6, 6.07) is 20.4. The third-order valence-corrected chi connectivity index (χ3v) is 6.13. The molecule has 7 nitrogen and oxygen atoms in total. The summed E-state index contributed by atoms with van der Waals surface area (Å²) in [5.74, 6) is 0.715. The van der Waals surface area contributed by atoms with Gasteiger partial charge in [0.05, 0.1) is 12.2 Å². The van der Waals surface area contributed by atoms with E-state index in [0.717, 1.165) is 16.8 Å². The van der Waals surface area contributed by atoms with Crippen LogP contribution in [0.3, 0.4) is 0 Å². The number of aromatic nitrogens is 4. The van der Waals surface area contributed by atoms with Gasteiger partial charge in [0.15, 0.2) is 0 Å². The first-order valence-electron chi connectivity index (χ1n) is 11.8. The van der Waals surface area contributed by atoms with E-state index in [4.69, 9.17) is 5.10 Å². The topological polar surface area (TPSA) is 67.2 Å². The first-order chi connectivity index (χ1) is 17.2. The van der Waals surface area contributed by atoms with E-state index in [-0.39, 0.29) is 5.91 Å². The van der Waals surface area contributed by atoms with Crippen LogP contribution < -0.4 is 4.90 Å². The minimum Gasteiger partial charge on any atom is -0.337 e. The van der Waals surface area contributed by atoms with Crippen molar-refractivity contribution in [2.75, 3.05) is 31.1 Å². The number of anilines is 1. The van der Waals surface area contributed by atoms with Gasteiger partial charge in [-0.25, -0.2) is 9.97 Å². The van der Waals surface area contributed by atoms with Crippen LogP contribution in [0.2, 0.25) is 0 Å². The lowest BCUT2D eigenvalue weighted by atomic mass is 10.1. The van der Waals surface area contributed by atoms with Crippen molar-refractivity contribution in [3.05, 3.63) is 102 Å². The van der Waals surface area contributed by atoms with E-state index in [0.29, 0.717) is 38.7 Å². The van der Waals surface area contributed by atoms with Crippen LogP contribution in [0, 0.1) is 6.92 Å². The average molecular weight is 465 g/mol. The van der Waals surface area contributed by atoms with Crippen molar-refractivity contribution in [2.45, 2.75) is 13.5 Å². The fourth-order valence-electron chi connectivity index (χ4n) is 4.19. The second-order valence-electron chi connectivity index (χ2n) is 8.68. The van der Waals surface area contributed by atoms with E-state index < -0.39 is 0 Å². The number of rotatable bonds is 6. The maximum absolute atomic E-state index is 13.0. The van der Waals surface area contributed by atoms with E-state index in [2.05, 4.69) is 46.1 Å². The predicted molar refractivity (Wildman–Crippen MR) is 138 cm³/mol. The average Bonchev–Trinajstić information content (AvgIpc) is 3.32. The second-order valence-corrected chi connectivity index (χ2v) is 8.68. The van der Waals surface area contributed by atoms with Crippen molar-refractivity contribution in [3.8, 4) is 11.3 Å². The van der Waals surface area contributed by atoms with Gasteiger partial charge in [-0.3, -0.25) is 9.48 Å². The smallest absolute Gasteiger partial charge is 0.246 e. The monoisotopic (exact) mass is 464 g/mol. The van der Waals surface area contributed by atoms with Crippen LogP contribution in [0.15, 0.2) is 85.3 Å². The Bertz CT molecular complexity index is 1290. The van der Waals surface area contributed by atoms with Crippen LogP contribution in [0.4, 0.5) is 5.95 Å². The van der Waals surface area contributed by atoms with Gasteiger partial charge in [0, 0.05) is 62.0 Å². The van der Waals surface area contributed by atoms with Crippen LogP contribution in [0.5, 0.6) is 0 Å². The quantitative estimate of drug-likeness (QED) is 0.403. The Hall–Kier alpha value is -4.26. The summed E-state index contributed by atoms with van der Waals surface area (Å²) >= 11 is 0. The molecule has 3 heterocycles. The molecule has 35 heavy (non-hydrogen) atoms. The van der Waals surface area contributed by atoms with Crippen LogP contribution in [0.1, 0.15) is 16.7 Å². The SMILES string of the molecule is Cc1ccc(Cn2cc(C=CC(=O)N3CCN(c4ncccn4)CC3)c(-c3ccccc3)n2)cc1. The highest BCUT2D eigenvalue weighted by Crippen LogP contribution is 2.24. The lowest BCUT2D eigenvalue weighted by Gasteiger charge is -2.34. The lowest BCUT2D eigenvalue weighted by molar-refractivity contribution is -0.126. The number of piperazine rings is 1. The summed E-state index contributed by atoms with van der Waals surface area (Å²) in [5.41, 5.74) is 5.24. The summed E-state index contributed by atoms with van der Waals surface area (Å²) in [5, 5.41) is 4.85. The third kappa shape index (κ3) is 5.46. The number of hydrogen-bond donors (Lipinski definition) is 0. The Morgan fingerprint density at radius 2 is 1.63 bits per heavy atom. The molecular formula is C28H28N6O. The van der Waals surface area contributed by atoms with Crippen LogP contribution in [-0.2, 0) is 11.3 Å². The molecule has 0 atom stereocenters. The molecule has 1 amide bonds. The van der Waals surface area contributed by atoms with Gasteiger partial charge in [-0.05, 0) is 24.6 Å². The maximum atomic E-state index is 13.0. The predicted octanol–water partition coefficient (Wildman–Crippen LogP) is 4.06. The van der Waals surface area contributed by atoms with Crippen molar-refractivity contribution in [1.82, 2.24) is 24.6 Å². The summed E-state index contributed by atoms with van der Waals surface area (Å²) in [7, 11) is 0. The zero-order valence-corrected chi connectivity index (χ0v) is 19.8. The molecule has 7 heteroatoms. The Labute approximate surface area is 205 Å². The Kier molecular flexibility index (Phi) is 6.66. The zero-order valence-electron chi connectivity index (χ0n) is 19.8. The molecule has 1 aliphatic rings. The summed E-state index contributed by atoms with van der Waals surface area (Å²) < 4.78 is 1.94. The van der Waals surface area contributed by atoms with E-state index >= 15 is 0 Å². The third-order valence-electron chi connectivity index (χ3n) is 6.13. The van der Waals surface area contributed by atoms with Crippen LogP contribution in [-0.4, -0.2) is 56.7 Å². The minimum absolute atomic E-state index is 0.00364. The van der Waals surface area contributed by atoms with Gasteiger partial charge < -0.3 is 9.80 Å². The number of amides is 1. The van der Waals surface area contributed by atoms with Gasteiger partial charge in [-0.1, -0.05) is 60.2 Å². The molecule has 0 unspecified atom stereocenters. The molecule has 176 valence electrons. The van der Waals surface area contributed by atoms with E-state index in [9.17, 15) is 4.79 Å². The molecule has 0 saturated carbocycles. The van der Waals surface area contributed by atoms with Gasteiger partial charge in [0.25, 0.3) is 0 Å². The number of carbonyl (C=O) groups excluding carboxylic acids is 1.